The Bertz CT molecular complexity index is 772. The Morgan fingerprint density at radius 3 is 2.64 bits per heavy atom. The Kier molecular flexibility index (Phi) is 4.62. The maximum Gasteiger partial charge on any atom is 0.230 e. The number of amides is 1. The molecule has 8 heteroatoms. The summed E-state index contributed by atoms with van der Waals surface area (Å²) in [4.78, 5) is 20.9. The van der Waals surface area contributed by atoms with Gasteiger partial charge in [-0.2, -0.15) is 0 Å². The van der Waals surface area contributed by atoms with Crippen LogP contribution in [0.4, 0.5) is 0 Å². The number of hydrogen-bond donors (Lipinski definition) is 1. The quantitative estimate of drug-likeness (QED) is 0.856. The number of primary amides is 1. The predicted molar refractivity (Wildman–Crippen MR) is 86.2 cm³/mol. The van der Waals surface area contributed by atoms with Crippen molar-refractivity contribution in [3.05, 3.63) is 35.6 Å². The molecule has 2 aromatic heterocycles. The molecule has 0 fully saturated rings. The highest BCUT2D eigenvalue weighted by atomic mass is 32.2. The number of hydrogen-bond acceptors (Lipinski definition) is 6. The van der Waals surface area contributed by atoms with Crippen LogP contribution in [0.25, 0.3) is 10.6 Å². The lowest BCUT2D eigenvalue weighted by atomic mass is 9.85. The minimum atomic E-state index is -3.38. The molecular weight excluding hydrogens is 322 g/mol. The van der Waals surface area contributed by atoms with Crippen molar-refractivity contribution in [2.24, 2.45) is 5.73 Å². The largest absolute Gasteiger partial charge is 0.369 e. The Hall–Kier alpha value is -1.80. The van der Waals surface area contributed by atoms with Crippen molar-refractivity contribution in [2.45, 2.75) is 18.8 Å². The highest BCUT2D eigenvalue weighted by Gasteiger charge is 2.41. The van der Waals surface area contributed by atoms with Gasteiger partial charge in [0.05, 0.1) is 11.2 Å². The second-order valence-electron chi connectivity index (χ2n) is 5.14. The van der Waals surface area contributed by atoms with Gasteiger partial charge in [-0.3, -0.25) is 9.78 Å². The number of pyridine rings is 1. The van der Waals surface area contributed by atoms with Crippen LogP contribution in [0.3, 0.4) is 0 Å². The molecule has 6 nitrogen and oxygen atoms in total. The van der Waals surface area contributed by atoms with E-state index >= 15 is 0 Å². The molecule has 2 aromatic rings. The second kappa shape index (κ2) is 6.13. The fourth-order valence-corrected chi connectivity index (χ4v) is 4.94. The highest BCUT2D eigenvalue weighted by molar-refractivity contribution is 7.90. The normalized spacial score (nSPS) is 14.5. The molecule has 2 rings (SSSR count). The number of carbonyl (C=O) groups is 1. The van der Waals surface area contributed by atoms with E-state index in [2.05, 4.69) is 9.97 Å². The van der Waals surface area contributed by atoms with Crippen LogP contribution in [0.5, 0.6) is 0 Å². The van der Waals surface area contributed by atoms with Gasteiger partial charge in [0.25, 0.3) is 0 Å². The van der Waals surface area contributed by atoms with Gasteiger partial charge in [0.1, 0.15) is 14.8 Å². The van der Waals surface area contributed by atoms with Crippen molar-refractivity contribution in [3.63, 3.8) is 0 Å². The summed E-state index contributed by atoms with van der Waals surface area (Å²) in [5, 5.41) is 0.677. The molecule has 118 valence electrons. The van der Waals surface area contributed by atoms with Crippen LogP contribution >= 0.6 is 11.3 Å². The van der Waals surface area contributed by atoms with Gasteiger partial charge < -0.3 is 5.73 Å². The highest BCUT2D eigenvalue weighted by Crippen LogP contribution is 2.36. The minimum absolute atomic E-state index is 0.296. The van der Waals surface area contributed by atoms with Crippen LogP contribution in [-0.4, -0.2) is 36.3 Å². The third kappa shape index (κ3) is 3.33. The molecule has 0 aliphatic rings. The number of aromatic nitrogens is 2. The van der Waals surface area contributed by atoms with Crippen LogP contribution in [0.15, 0.2) is 30.7 Å². The molecule has 1 unspecified atom stereocenters. The van der Waals surface area contributed by atoms with Gasteiger partial charge in [0.15, 0.2) is 0 Å². The van der Waals surface area contributed by atoms with E-state index in [0.29, 0.717) is 16.3 Å². The molecule has 0 aliphatic carbocycles. The van der Waals surface area contributed by atoms with E-state index in [0.717, 1.165) is 11.8 Å². The number of rotatable bonds is 6. The van der Waals surface area contributed by atoms with Crippen molar-refractivity contribution in [3.8, 4) is 10.6 Å². The molecule has 1 amide bonds. The van der Waals surface area contributed by atoms with Crippen molar-refractivity contribution in [1.29, 1.82) is 0 Å². The van der Waals surface area contributed by atoms with E-state index < -0.39 is 21.2 Å². The predicted octanol–water partition coefficient (Wildman–Crippen LogP) is 1.38. The van der Waals surface area contributed by atoms with E-state index in [-0.39, 0.29) is 5.75 Å². The molecule has 2 heterocycles. The Morgan fingerprint density at radius 2 is 2.14 bits per heavy atom. The maximum atomic E-state index is 12.0. The Balaban J connectivity index is 2.50. The minimum Gasteiger partial charge on any atom is -0.369 e. The second-order valence-corrected chi connectivity index (χ2v) is 8.31. The first-order valence-corrected chi connectivity index (χ1v) is 9.50. The monoisotopic (exact) mass is 339 g/mol. The Labute approximate surface area is 133 Å². The van der Waals surface area contributed by atoms with Gasteiger partial charge in [-0.05, 0) is 18.6 Å². The molecule has 0 saturated carbocycles. The van der Waals surface area contributed by atoms with Gasteiger partial charge in [-0.15, -0.1) is 11.3 Å². The third-order valence-corrected chi connectivity index (χ3v) is 5.74. The Morgan fingerprint density at radius 1 is 1.41 bits per heavy atom. The van der Waals surface area contributed by atoms with Crippen LogP contribution in [0.1, 0.15) is 18.2 Å². The number of carbonyl (C=O) groups excluding carboxylic acids is 1. The molecule has 0 bridgehead atoms. The SMILES string of the molecule is CCC(CS(C)(=O)=O)(C(N)=O)c1cnc(-c2cccnc2)s1. The standard InChI is InChI=1S/C14H17N3O3S2/c1-3-14(13(15)18,9-22(2,19)20)11-8-17-12(21-11)10-5-4-6-16-7-10/h4-8H,3,9H2,1-2H3,(H2,15,18). The summed E-state index contributed by atoms with van der Waals surface area (Å²) in [6.45, 7) is 1.75. The first-order valence-electron chi connectivity index (χ1n) is 6.63. The summed E-state index contributed by atoms with van der Waals surface area (Å²) in [6.07, 6.45) is 6.25. The van der Waals surface area contributed by atoms with E-state index in [1.54, 1.807) is 25.4 Å². The van der Waals surface area contributed by atoms with Gasteiger partial charge in [-0.25, -0.2) is 13.4 Å². The van der Waals surface area contributed by atoms with Crippen LogP contribution in [0, 0.1) is 0 Å². The molecular formula is C14H17N3O3S2. The van der Waals surface area contributed by atoms with Gasteiger partial charge in [-0.1, -0.05) is 6.92 Å². The zero-order valence-corrected chi connectivity index (χ0v) is 13.9. The van der Waals surface area contributed by atoms with Crippen molar-refractivity contribution >= 4 is 27.1 Å². The summed E-state index contributed by atoms with van der Waals surface area (Å²) in [5.41, 5.74) is 5.10. The van der Waals surface area contributed by atoms with Gasteiger partial charge >= 0.3 is 0 Å². The van der Waals surface area contributed by atoms with Crippen molar-refractivity contribution in [1.82, 2.24) is 9.97 Å². The average Bonchev–Trinajstić information content (AvgIpc) is 2.94. The van der Waals surface area contributed by atoms with Crippen LogP contribution < -0.4 is 5.73 Å². The van der Waals surface area contributed by atoms with Crippen LogP contribution in [0.2, 0.25) is 0 Å². The molecule has 0 radical (unpaired) electrons. The summed E-state index contributed by atoms with van der Waals surface area (Å²) >= 11 is 1.27. The molecule has 0 aromatic carbocycles. The summed E-state index contributed by atoms with van der Waals surface area (Å²) < 4.78 is 23.5. The lowest BCUT2D eigenvalue weighted by Crippen LogP contribution is -2.45. The van der Waals surface area contributed by atoms with Gasteiger partial charge in [0, 0.05) is 35.3 Å². The average molecular weight is 339 g/mol. The van der Waals surface area contributed by atoms with E-state index in [1.165, 1.54) is 17.5 Å². The molecule has 0 spiro atoms. The topological polar surface area (TPSA) is 103 Å². The lowest BCUT2D eigenvalue weighted by molar-refractivity contribution is -0.122. The molecule has 22 heavy (non-hydrogen) atoms. The van der Waals surface area contributed by atoms with Crippen molar-refractivity contribution < 1.29 is 13.2 Å². The van der Waals surface area contributed by atoms with Gasteiger partial charge in [0.2, 0.25) is 5.91 Å². The van der Waals surface area contributed by atoms with E-state index in [1.807, 2.05) is 6.07 Å². The first kappa shape index (κ1) is 16.6. The first-order chi connectivity index (χ1) is 10.3. The fraction of sp³-hybridized carbons (Fsp3) is 0.357. The van der Waals surface area contributed by atoms with Crippen LogP contribution in [-0.2, 0) is 20.0 Å². The zero-order valence-electron chi connectivity index (χ0n) is 12.3. The maximum absolute atomic E-state index is 12.0. The number of nitrogens with two attached hydrogens (primary N) is 1. The summed E-state index contributed by atoms with van der Waals surface area (Å²) in [5.74, 6) is -0.970. The number of sulfone groups is 1. The van der Waals surface area contributed by atoms with E-state index in [4.69, 9.17) is 5.73 Å². The van der Waals surface area contributed by atoms with E-state index in [9.17, 15) is 13.2 Å². The molecule has 2 N–H and O–H groups in total. The third-order valence-electron chi connectivity index (χ3n) is 3.47. The number of thiazole rings is 1. The molecule has 0 saturated heterocycles. The molecule has 0 aliphatic heterocycles. The molecule has 1 atom stereocenters. The fourth-order valence-electron chi connectivity index (χ4n) is 2.28. The van der Waals surface area contributed by atoms with Crippen molar-refractivity contribution in [2.75, 3.05) is 12.0 Å². The smallest absolute Gasteiger partial charge is 0.230 e. The zero-order chi connectivity index (χ0) is 16.4. The summed E-state index contributed by atoms with van der Waals surface area (Å²) in [6, 6.07) is 3.64. The number of nitrogens with zero attached hydrogens (tertiary/aromatic N) is 2. The lowest BCUT2D eigenvalue weighted by Gasteiger charge is -2.26. The summed E-state index contributed by atoms with van der Waals surface area (Å²) in [7, 11) is -3.38.